The molecule has 0 saturated carbocycles. The first-order valence-electron chi connectivity index (χ1n) is 5.32. The second-order valence-corrected chi connectivity index (χ2v) is 8.17. The number of thioether (sulfide) groups is 1. The van der Waals surface area contributed by atoms with Crippen LogP contribution in [0.3, 0.4) is 0 Å². The molecule has 98 valence electrons. The summed E-state index contributed by atoms with van der Waals surface area (Å²) in [6.07, 6.45) is 0. The number of halogens is 1. The maximum Gasteiger partial charge on any atom is 0.261 e. The molecule has 1 aromatic rings. The smallest absolute Gasteiger partial charge is 0.261 e. The number of fused-ring (bicyclic) bond motifs is 1. The summed E-state index contributed by atoms with van der Waals surface area (Å²) >= 11 is 1.62. The summed E-state index contributed by atoms with van der Waals surface area (Å²) in [7, 11) is 1.55. The molecule has 1 aliphatic rings. The lowest BCUT2D eigenvalue weighted by atomic mass is 10.2. The van der Waals surface area contributed by atoms with Crippen LogP contribution in [0.1, 0.15) is 13.8 Å². The van der Waals surface area contributed by atoms with E-state index in [9.17, 15) is 13.2 Å². The van der Waals surface area contributed by atoms with E-state index in [1.165, 1.54) is 19.1 Å². The predicted octanol–water partition coefficient (Wildman–Crippen LogP) is 2.46. The molecule has 1 aromatic carbocycles. The van der Waals surface area contributed by atoms with Gasteiger partial charge in [-0.05, 0) is 18.2 Å². The third-order valence-electron chi connectivity index (χ3n) is 2.65. The number of amides is 1. The molecule has 1 amide bonds. The van der Waals surface area contributed by atoms with E-state index in [2.05, 4.69) is 0 Å². The highest BCUT2D eigenvalue weighted by Crippen LogP contribution is 2.40. The van der Waals surface area contributed by atoms with Gasteiger partial charge in [0.25, 0.3) is 9.05 Å². The largest absolute Gasteiger partial charge is 0.310 e. The highest BCUT2D eigenvalue weighted by atomic mass is 35.7. The molecule has 7 heteroatoms. The van der Waals surface area contributed by atoms with Crippen molar-refractivity contribution in [1.82, 2.24) is 0 Å². The zero-order valence-electron chi connectivity index (χ0n) is 9.88. The van der Waals surface area contributed by atoms with Crippen LogP contribution in [-0.4, -0.2) is 26.1 Å². The standard InChI is InChI=1S/C11H12ClNO3S2/c1-7-6-13(8(2)14)10-5-9(18(12,15)16)3-4-11(10)17-7/h3-5,7H,6H2,1-2H3/t7-/m0/s1. The topological polar surface area (TPSA) is 54.5 Å². The first-order valence-corrected chi connectivity index (χ1v) is 8.51. The van der Waals surface area contributed by atoms with Crippen LogP contribution in [0.2, 0.25) is 0 Å². The monoisotopic (exact) mass is 305 g/mol. The highest BCUT2D eigenvalue weighted by molar-refractivity contribution is 8.13. The molecule has 1 atom stereocenters. The second-order valence-electron chi connectivity index (χ2n) is 4.13. The quantitative estimate of drug-likeness (QED) is 0.748. The Labute approximate surface area is 115 Å². The van der Waals surface area contributed by atoms with Crippen LogP contribution in [0.15, 0.2) is 28.0 Å². The zero-order valence-corrected chi connectivity index (χ0v) is 12.3. The van der Waals surface area contributed by atoms with Gasteiger partial charge in [-0.2, -0.15) is 0 Å². The molecule has 4 nitrogen and oxygen atoms in total. The molecule has 0 aromatic heterocycles. The van der Waals surface area contributed by atoms with Gasteiger partial charge in [0.15, 0.2) is 0 Å². The van der Waals surface area contributed by atoms with Gasteiger partial charge in [0, 0.05) is 34.3 Å². The number of nitrogens with zero attached hydrogens (tertiary/aromatic N) is 1. The van der Waals surface area contributed by atoms with E-state index in [0.29, 0.717) is 12.2 Å². The summed E-state index contributed by atoms with van der Waals surface area (Å²) in [5.74, 6) is -0.104. The average Bonchev–Trinajstić information content (AvgIpc) is 2.25. The van der Waals surface area contributed by atoms with E-state index in [4.69, 9.17) is 10.7 Å². The van der Waals surface area contributed by atoms with Gasteiger partial charge in [-0.15, -0.1) is 11.8 Å². The first-order chi connectivity index (χ1) is 8.29. The number of benzene rings is 1. The molecule has 0 saturated heterocycles. The van der Waals surface area contributed by atoms with E-state index >= 15 is 0 Å². The summed E-state index contributed by atoms with van der Waals surface area (Å²) in [4.78, 5) is 14.1. The van der Waals surface area contributed by atoms with Crippen molar-refractivity contribution >= 4 is 43.1 Å². The number of anilines is 1. The maximum atomic E-state index is 11.6. The van der Waals surface area contributed by atoms with Crippen molar-refractivity contribution in [2.75, 3.05) is 11.4 Å². The van der Waals surface area contributed by atoms with Gasteiger partial charge < -0.3 is 4.90 Å². The lowest BCUT2D eigenvalue weighted by molar-refractivity contribution is -0.116. The lowest BCUT2D eigenvalue weighted by Gasteiger charge is -2.32. The fourth-order valence-electron chi connectivity index (χ4n) is 1.87. The molecule has 0 bridgehead atoms. The van der Waals surface area contributed by atoms with Crippen LogP contribution in [0.5, 0.6) is 0 Å². The molecule has 0 radical (unpaired) electrons. The molecule has 18 heavy (non-hydrogen) atoms. The third kappa shape index (κ3) is 2.65. The normalized spacial score (nSPS) is 19.5. The number of rotatable bonds is 1. The Bertz CT molecular complexity index is 600. The summed E-state index contributed by atoms with van der Waals surface area (Å²) in [6, 6.07) is 4.61. The molecule has 2 rings (SSSR count). The van der Waals surface area contributed by atoms with Gasteiger partial charge in [0.1, 0.15) is 0 Å². The minimum Gasteiger partial charge on any atom is -0.310 e. The lowest BCUT2D eigenvalue weighted by Crippen LogP contribution is -2.37. The number of carbonyl (C=O) groups excluding carboxylic acids is 1. The van der Waals surface area contributed by atoms with Crippen molar-refractivity contribution in [1.29, 1.82) is 0 Å². The van der Waals surface area contributed by atoms with Crippen molar-refractivity contribution in [3.63, 3.8) is 0 Å². The minimum atomic E-state index is -3.77. The second kappa shape index (κ2) is 4.75. The van der Waals surface area contributed by atoms with Gasteiger partial charge in [0.05, 0.1) is 10.6 Å². The molecule has 0 unspecified atom stereocenters. The van der Waals surface area contributed by atoms with Gasteiger partial charge >= 0.3 is 0 Å². The minimum absolute atomic E-state index is 0.0179. The Kier molecular flexibility index (Phi) is 3.62. The molecule has 0 fully saturated rings. The Hall–Kier alpha value is -0.720. The summed E-state index contributed by atoms with van der Waals surface area (Å²) in [5.41, 5.74) is 0.618. The molecule has 0 aliphatic carbocycles. The Morgan fingerprint density at radius 2 is 2.17 bits per heavy atom. The van der Waals surface area contributed by atoms with Crippen LogP contribution in [0.25, 0.3) is 0 Å². The molecule has 1 aliphatic heterocycles. The predicted molar refractivity (Wildman–Crippen MR) is 72.8 cm³/mol. The Morgan fingerprint density at radius 3 is 2.72 bits per heavy atom. The molecular weight excluding hydrogens is 294 g/mol. The zero-order chi connectivity index (χ0) is 13.5. The number of carbonyl (C=O) groups is 1. The number of hydrogen-bond donors (Lipinski definition) is 0. The van der Waals surface area contributed by atoms with Gasteiger partial charge in [-0.3, -0.25) is 4.79 Å². The maximum absolute atomic E-state index is 11.6. The van der Waals surface area contributed by atoms with Crippen LogP contribution < -0.4 is 4.90 Å². The average molecular weight is 306 g/mol. The van der Waals surface area contributed by atoms with E-state index in [-0.39, 0.29) is 16.1 Å². The van der Waals surface area contributed by atoms with E-state index in [0.717, 1.165) is 4.90 Å². The van der Waals surface area contributed by atoms with Crippen LogP contribution >= 0.6 is 22.4 Å². The SMILES string of the molecule is CC(=O)N1C[C@H](C)Sc2ccc(S(=O)(=O)Cl)cc21. The third-order valence-corrected chi connectivity index (χ3v) is 5.15. The molecule has 0 spiro atoms. The van der Waals surface area contributed by atoms with Crippen LogP contribution in [0.4, 0.5) is 5.69 Å². The summed E-state index contributed by atoms with van der Waals surface area (Å²) < 4.78 is 22.6. The molecule has 1 heterocycles. The van der Waals surface area contributed by atoms with E-state index in [1.807, 2.05) is 6.92 Å². The summed E-state index contributed by atoms with van der Waals surface area (Å²) in [5, 5.41) is 0.278. The van der Waals surface area contributed by atoms with Crippen molar-refractivity contribution in [2.24, 2.45) is 0 Å². The van der Waals surface area contributed by atoms with Crippen LogP contribution in [0, 0.1) is 0 Å². The van der Waals surface area contributed by atoms with Crippen LogP contribution in [-0.2, 0) is 13.8 Å². The molecule has 0 N–H and O–H groups in total. The first kappa shape index (κ1) is 13.7. The van der Waals surface area contributed by atoms with Gasteiger partial charge in [-0.25, -0.2) is 8.42 Å². The Morgan fingerprint density at radius 1 is 1.50 bits per heavy atom. The van der Waals surface area contributed by atoms with Crippen molar-refractivity contribution in [3.8, 4) is 0 Å². The molecular formula is C11H12ClNO3S2. The fraction of sp³-hybridized carbons (Fsp3) is 0.364. The van der Waals surface area contributed by atoms with Gasteiger partial charge in [0.2, 0.25) is 5.91 Å². The summed E-state index contributed by atoms with van der Waals surface area (Å²) in [6.45, 7) is 4.06. The van der Waals surface area contributed by atoms with E-state index in [1.54, 1.807) is 22.7 Å². The highest BCUT2D eigenvalue weighted by Gasteiger charge is 2.26. The number of hydrogen-bond acceptors (Lipinski definition) is 4. The van der Waals surface area contributed by atoms with E-state index < -0.39 is 9.05 Å². The van der Waals surface area contributed by atoms with Crippen molar-refractivity contribution in [2.45, 2.75) is 28.9 Å². The fourth-order valence-corrected chi connectivity index (χ4v) is 3.73. The van der Waals surface area contributed by atoms with Crippen molar-refractivity contribution < 1.29 is 13.2 Å². The Balaban J connectivity index is 2.56. The van der Waals surface area contributed by atoms with Gasteiger partial charge in [-0.1, -0.05) is 6.92 Å². The van der Waals surface area contributed by atoms with Crippen molar-refractivity contribution in [3.05, 3.63) is 18.2 Å².